The van der Waals surface area contributed by atoms with Crippen molar-refractivity contribution in [2.45, 2.75) is 31.4 Å². The van der Waals surface area contributed by atoms with E-state index >= 15 is 0 Å². The maximum Gasteiger partial charge on any atom is 0.254 e. The highest BCUT2D eigenvalue weighted by Crippen LogP contribution is 2.26. The van der Waals surface area contributed by atoms with Gasteiger partial charge in [0.15, 0.2) is 0 Å². The molecule has 6 heteroatoms. The second kappa shape index (κ2) is 7.21. The average molecular weight is 332 g/mol. The minimum Gasteiger partial charge on any atom is -0.497 e. The Morgan fingerprint density at radius 3 is 2.58 bits per heavy atom. The molecule has 0 saturated carbocycles. The van der Waals surface area contributed by atoms with Crippen molar-refractivity contribution in [3.05, 3.63) is 29.8 Å². The highest BCUT2D eigenvalue weighted by atomic mass is 16.5. The first-order valence-corrected chi connectivity index (χ1v) is 8.40. The summed E-state index contributed by atoms with van der Waals surface area (Å²) in [6.07, 6.45) is 2.53. The van der Waals surface area contributed by atoms with Crippen LogP contribution in [-0.2, 0) is 9.53 Å². The standard InChI is InChI=1S/C18H24N2O4/c1-23-14-7-5-6-13(10-14)17(21)20-12-15(24-2)11-16(20)18(22)19-8-3-4-9-19/h5-7,10,15-16H,3-4,8-9,11-12H2,1-2H3/t15-,16-/m0/s1. The molecule has 2 saturated heterocycles. The van der Waals surface area contributed by atoms with Crippen LogP contribution in [0.3, 0.4) is 0 Å². The molecule has 0 radical (unpaired) electrons. The van der Waals surface area contributed by atoms with Gasteiger partial charge in [-0.05, 0) is 31.0 Å². The third-order valence-electron chi connectivity index (χ3n) is 4.88. The van der Waals surface area contributed by atoms with Crippen LogP contribution in [0.2, 0.25) is 0 Å². The Balaban J connectivity index is 1.82. The predicted octanol–water partition coefficient (Wildman–Crippen LogP) is 1.55. The van der Waals surface area contributed by atoms with Crippen molar-refractivity contribution in [2.24, 2.45) is 0 Å². The van der Waals surface area contributed by atoms with Gasteiger partial charge in [0.1, 0.15) is 11.8 Å². The van der Waals surface area contributed by atoms with Crippen LogP contribution in [0.15, 0.2) is 24.3 Å². The third kappa shape index (κ3) is 3.24. The number of nitrogens with zero attached hydrogens (tertiary/aromatic N) is 2. The molecule has 2 amide bonds. The minimum atomic E-state index is -0.438. The first kappa shape index (κ1) is 16.8. The Hall–Kier alpha value is -2.08. The van der Waals surface area contributed by atoms with Gasteiger partial charge in [-0.1, -0.05) is 6.07 Å². The highest BCUT2D eigenvalue weighted by Gasteiger charge is 2.42. The van der Waals surface area contributed by atoms with E-state index in [1.54, 1.807) is 43.4 Å². The summed E-state index contributed by atoms with van der Waals surface area (Å²) in [5.41, 5.74) is 0.533. The maximum absolute atomic E-state index is 13.0. The first-order valence-electron chi connectivity index (χ1n) is 8.40. The van der Waals surface area contributed by atoms with Crippen molar-refractivity contribution in [1.29, 1.82) is 0 Å². The Kier molecular flexibility index (Phi) is 5.04. The minimum absolute atomic E-state index is 0.0447. The summed E-state index contributed by atoms with van der Waals surface area (Å²) >= 11 is 0. The molecule has 0 aromatic heterocycles. The van der Waals surface area contributed by atoms with Gasteiger partial charge in [0, 0.05) is 38.7 Å². The first-order chi connectivity index (χ1) is 11.6. The molecule has 0 bridgehead atoms. The van der Waals surface area contributed by atoms with Gasteiger partial charge in [-0.2, -0.15) is 0 Å². The van der Waals surface area contributed by atoms with Crippen molar-refractivity contribution in [1.82, 2.24) is 9.80 Å². The SMILES string of the molecule is COc1cccc(C(=O)N2C[C@@H](OC)C[C@H]2C(=O)N2CCCC2)c1. The number of hydrogen-bond donors (Lipinski definition) is 0. The number of likely N-dealkylation sites (tertiary alicyclic amines) is 2. The van der Waals surface area contributed by atoms with E-state index in [-0.39, 0.29) is 17.9 Å². The molecule has 2 fully saturated rings. The second-order valence-electron chi connectivity index (χ2n) is 6.33. The zero-order valence-electron chi connectivity index (χ0n) is 14.2. The zero-order chi connectivity index (χ0) is 17.1. The summed E-state index contributed by atoms with van der Waals surface area (Å²) < 4.78 is 10.6. The summed E-state index contributed by atoms with van der Waals surface area (Å²) in [4.78, 5) is 29.3. The summed E-state index contributed by atoms with van der Waals surface area (Å²) in [5.74, 6) is 0.528. The molecule has 6 nitrogen and oxygen atoms in total. The summed E-state index contributed by atoms with van der Waals surface area (Å²) in [7, 11) is 3.20. The topological polar surface area (TPSA) is 59.1 Å². The molecule has 3 rings (SSSR count). The molecule has 1 aromatic carbocycles. The molecule has 2 aliphatic heterocycles. The van der Waals surface area contributed by atoms with Crippen LogP contribution in [0.1, 0.15) is 29.6 Å². The molecular weight excluding hydrogens is 308 g/mol. The number of benzene rings is 1. The number of hydrogen-bond acceptors (Lipinski definition) is 4. The normalized spacial score (nSPS) is 23.6. The number of carbonyl (C=O) groups is 2. The Labute approximate surface area is 142 Å². The number of ether oxygens (including phenoxy) is 2. The molecule has 0 aliphatic carbocycles. The third-order valence-corrected chi connectivity index (χ3v) is 4.88. The average Bonchev–Trinajstić information content (AvgIpc) is 3.30. The summed E-state index contributed by atoms with van der Waals surface area (Å²) in [6.45, 7) is 2.01. The Morgan fingerprint density at radius 1 is 1.17 bits per heavy atom. The van der Waals surface area contributed by atoms with Crippen molar-refractivity contribution in [3.63, 3.8) is 0 Å². The molecule has 0 spiro atoms. The maximum atomic E-state index is 13.0. The lowest BCUT2D eigenvalue weighted by atomic mass is 10.1. The Bertz CT molecular complexity index is 613. The van der Waals surface area contributed by atoms with Crippen LogP contribution in [0.25, 0.3) is 0 Å². The fourth-order valence-corrected chi connectivity index (χ4v) is 3.50. The van der Waals surface area contributed by atoms with E-state index in [1.807, 2.05) is 4.90 Å². The fraction of sp³-hybridized carbons (Fsp3) is 0.556. The molecule has 0 unspecified atom stereocenters. The molecule has 1 aromatic rings. The van der Waals surface area contributed by atoms with Crippen LogP contribution in [0.5, 0.6) is 5.75 Å². The number of methoxy groups -OCH3 is 2. The number of amides is 2. The summed E-state index contributed by atoms with van der Waals surface area (Å²) in [6, 6.07) is 6.60. The highest BCUT2D eigenvalue weighted by molar-refractivity contribution is 5.98. The molecule has 130 valence electrons. The van der Waals surface area contributed by atoms with E-state index in [9.17, 15) is 9.59 Å². The largest absolute Gasteiger partial charge is 0.497 e. The van der Waals surface area contributed by atoms with Gasteiger partial charge in [-0.15, -0.1) is 0 Å². The van der Waals surface area contributed by atoms with Gasteiger partial charge < -0.3 is 19.3 Å². The smallest absolute Gasteiger partial charge is 0.254 e. The lowest BCUT2D eigenvalue weighted by Crippen LogP contribution is -2.47. The van der Waals surface area contributed by atoms with Gasteiger partial charge in [-0.25, -0.2) is 0 Å². The monoisotopic (exact) mass is 332 g/mol. The van der Waals surface area contributed by atoms with Crippen LogP contribution < -0.4 is 4.74 Å². The van der Waals surface area contributed by atoms with Gasteiger partial charge in [0.05, 0.1) is 13.2 Å². The molecule has 24 heavy (non-hydrogen) atoms. The molecule has 2 atom stereocenters. The quantitative estimate of drug-likeness (QED) is 0.839. The van der Waals surface area contributed by atoms with E-state index in [1.165, 1.54) is 0 Å². The molecular formula is C18H24N2O4. The number of carbonyl (C=O) groups excluding carboxylic acids is 2. The van der Waals surface area contributed by atoms with E-state index in [0.717, 1.165) is 25.9 Å². The lowest BCUT2D eigenvalue weighted by Gasteiger charge is -2.27. The second-order valence-corrected chi connectivity index (χ2v) is 6.33. The van der Waals surface area contributed by atoms with Gasteiger partial charge in [0.25, 0.3) is 5.91 Å². The van der Waals surface area contributed by atoms with E-state index < -0.39 is 6.04 Å². The molecule has 0 N–H and O–H groups in total. The van der Waals surface area contributed by atoms with Crippen LogP contribution in [0, 0.1) is 0 Å². The van der Waals surface area contributed by atoms with Gasteiger partial charge in [0.2, 0.25) is 5.91 Å². The van der Waals surface area contributed by atoms with Crippen molar-refractivity contribution in [3.8, 4) is 5.75 Å². The van der Waals surface area contributed by atoms with E-state index in [0.29, 0.717) is 24.3 Å². The molecule has 2 heterocycles. The summed E-state index contributed by atoms with van der Waals surface area (Å²) in [5, 5.41) is 0. The van der Waals surface area contributed by atoms with Crippen LogP contribution in [0.4, 0.5) is 0 Å². The van der Waals surface area contributed by atoms with Crippen molar-refractivity contribution >= 4 is 11.8 Å². The Morgan fingerprint density at radius 2 is 1.92 bits per heavy atom. The van der Waals surface area contributed by atoms with Crippen LogP contribution >= 0.6 is 0 Å². The van der Waals surface area contributed by atoms with Crippen LogP contribution in [-0.4, -0.2) is 67.6 Å². The van der Waals surface area contributed by atoms with E-state index in [2.05, 4.69) is 0 Å². The fourth-order valence-electron chi connectivity index (χ4n) is 3.50. The van der Waals surface area contributed by atoms with Crippen molar-refractivity contribution in [2.75, 3.05) is 33.9 Å². The van der Waals surface area contributed by atoms with Gasteiger partial charge >= 0.3 is 0 Å². The lowest BCUT2D eigenvalue weighted by molar-refractivity contribution is -0.134. The predicted molar refractivity (Wildman–Crippen MR) is 89.0 cm³/mol. The van der Waals surface area contributed by atoms with Crippen molar-refractivity contribution < 1.29 is 19.1 Å². The van der Waals surface area contributed by atoms with E-state index in [4.69, 9.17) is 9.47 Å². The number of rotatable bonds is 4. The molecule has 2 aliphatic rings. The zero-order valence-corrected chi connectivity index (χ0v) is 14.2. The van der Waals surface area contributed by atoms with Gasteiger partial charge in [-0.3, -0.25) is 9.59 Å².